The molecule has 2 atom stereocenters. The highest BCUT2D eigenvalue weighted by atomic mass is 35.5. The molecule has 1 rings (SSSR count). The van der Waals surface area contributed by atoms with E-state index in [9.17, 15) is 4.79 Å². The van der Waals surface area contributed by atoms with E-state index >= 15 is 0 Å². The number of rotatable bonds is 5. The van der Waals surface area contributed by atoms with Gasteiger partial charge < -0.3 is 15.8 Å². The van der Waals surface area contributed by atoms with Crippen LogP contribution >= 0.6 is 12.4 Å². The number of hydrogen-bond acceptors (Lipinski definition) is 3. The molecular weight excluding hydrogens is 288 g/mol. The Labute approximate surface area is 133 Å². The summed E-state index contributed by atoms with van der Waals surface area (Å²) in [5.41, 5.74) is 7.95. The van der Waals surface area contributed by atoms with Gasteiger partial charge in [0, 0.05) is 13.7 Å². The predicted octanol–water partition coefficient (Wildman–Crippen LogP) is 2.56. The fourth-order valence-corrected chi connectivity index (χ4v) is 1.97. The molecule has 1 aromatic carbocycles. The molecule has 21 heavy (non-hydrogen) atoms. The number of ether oxygens (including phenoxy) is 1. The van der Waals surface area contributed by atoms with Crippen LogP contribution in [0.2, 0.25) is 0 Å². The number of halogens is 1. The van der Waals surface area contributed by atoms with Crippen molar-refractivity contribution in [2.75, 3.05) is 13.7 Å². The minimum Gasteiger partial charge on any atom is -0.370 e. The lowest BCUT2D eigenvalue weighted by molar-refractivity contribution is -0.131. The summed E-state index contributed by atoms with van der Waals surface area (Å²) in [6.45, 7) is 8.66. The zero-order valence-corrected chi connectivity index (χ0v) is 14.3. The maximum absolute atomic E-state index is 11.9. The summed E-state index contributed by atoms with van der Waals surface area (Å²) in [5.74, 6) is -0.178. The standard InChI is InChI=1S/C16H26N2O2.ClH/c1-11(18-15(19)14(10-17)20-5)12-6-8-13(9-7-12)16(2,3)4;/h6-9,11,14H,10,17H2,1-5H3,(H,18,19);1H. The first-order chi connectivity index (χ1) is 9.29. The largest absolute Gasteiger partial charge is 0.370 e. The normalized spacial score (nSPS) is 14.0. The molecule has 4 nitrogen and oxygen atoms in total. The van der Waals surface area contributed by atoms with Gasteiger partial charge in [0.25, 0.3) is 5.91 Å². The molecule has 5 heteroatoms. The van der Waals surface area contributed by atoms with Gasteiger partial charge in [-0.25, -0.2) is 0 Å². The van der Waals surface area contributed by atoms with Gasteiger partial charge in [-0.05, 0) is 23.5 Å². The molecule has 0 spiro atoms. The second-order valence-corrected chi connectivity index (χ2v) is 6.06. The molecule has 0 radical (unpaired) electrons. The van der Waals surface area contributed by atoms with Gasteiger partial charge in [-0.2, -0.15) is 0 Å². The molecule has 3 N–H and O–H groups in total. The molecule has 0 aliphatic rings. The number of benzene rings is 1. The summed E-state index contributed by atoms with van der Waals surface area (Å²) in [6.07, 6.45) is -0.591. The van der Waals surface area contributed by atoms with E-state index < -0.39 is 6.10 Å². The average Bonchev–Trinajstić information content (AvgIpc) is 2.39. The van der Waals surface area contributed by atoms with E-state index in [1.54, 1.807) is 0 Å². The number of carbonyl (C=O) groups is 1. The van der Waals surface area contributed by atoms with Gasteiger partial charge in [0.15, 0.2) is 0 Å². The number of methoxy groups -OCH3 is 1. The van der Waals surface area contributed by atoms with Crippen molar-refractivity contribution in [3.63, 3.8) is 0 Å². The van der Waals surface area contributed by atoms with Crippen LogP contribution < -0.4 is 11.1 Å². The van der Waals surface area contributed by atoms with E-state index in [-0.39, 0.29) is 36.3 Å². The van der Waals surface area contributed by atoms with Crippen LogP contribution in [0.5, 0.6) is 0 Å². The van der Waals surface area contributed by atoms with Crippen LogP contribution in [0.15, 0.2) is 24.3 Å². The molecule has 0 bridgehead atoms. The second kappa shape index (κ2) is 8.37. The number of nitrogens with one attached hydrogen (secondary N) is 1. The monoisotopic (exact) mass is 314 g/mol. The summed E-state index contributed by atoms with van der Waals surface area (Å²) in [6, 6.07) is 8.25. The Hall–Kier alpha value is -1.10. The highest BCUT2D eigenvalue weighted by Crippen LogP contribution is 2.23. The first kappa shape index (κ1) is 19.9. The van der Waals surface area contributed by atoms with E-state index in [1.165, 1.54) is 12.7 Å². The summed E-state index contributed by atoms with van der Waals surface area (Å²) in [5, 5.41) is 2.91. The predicted molar refractivity (Wildman–Crippen MR) is 88.8 cm³/mol. The summed E-state index contributed by atoms with van der Waals surface area (Å²) < 4.78 is 5.02. The van der Waals surface area contributed by atoms with Crippen molar-refractivity contribution in [1.82, 2.24) is 5.32 Å². The lowest BCUT2D eigenvalue weighted by Crippen LogP contribution is -2.41. The van der Waals surface area contributed by atoms with Crippen molar-refractivity contribution < 1.29 is 9.53 Å². The van der Waals surface area contributed by atoms with Crippen molar-refractivity contribution in [3.05, 3.63) is 35.4 Å². The fourth-order valence-electron chi connectivity index (χ4n) is 1.97. The van der Waals surface area contributed by atoms with Crippen LogP contribution in [0.3, 0.4) is 0 Å². The van der Waals surface area contributed by atoms with Crippen LogP contribution in [0, 0.1) is 0 Å². The van der Waals surface area contributed by atoms with Crippen molar-refractivity contribution >= 4 is 18.3 Å². The Morgan fingerprint density at radius 3 is 2.19 bits per heavy atom. The van der Waals surface area contributed by atoms with Gasteiger partial charge in [0.05, 0.1) is 6.04 Å². The average molecular weight is 315 g/mol. The maximum atomic E-state index is 11.9. The topological polar surface area (TPSA) is 64.3 Å². The Kier molecular flexibility index (Phi) is 7.93. The molecule has 0 heterocycles. The molecule has 1 amide bonds. The van der Waals surface area contributed by atoms with Crippen LogP contribution in [-0.2, 0) is 14.9 Å². The number of amides is 1. The van der Waals surface area contributed by atoms with Crippen LogP contribution in [0.4, 0.5) is 0 Å². The fraction of sp³-hybridized carbons (Fsp3) is 0.562. The quantitative estimate of drug-likeness (QED) is 0.878. The van der Waals surface area contributed by atoms with Crippen LogP contribution in [0.25, 0.3) is 0 Å². The third kappa shape index (κ3) is 5.65. The number of carbonyl (C=O) groups excluding carboxylic acids is 1. The van der Waals surface area contributed by atoms with Crippen LogP contribution in [-0.4, -0.2) is 25.7 Å². The Morgan fingerprint density at radius 2 is 1.81 bits per heavy atom. The minimum atomic E-state index is -0.591. The highest BCUT2D eigenvalue weighted by molar-refractivity contribution is 5.85. The van der Waals surface area contributed by atoms with Crippen molar-refractivity contribution in [1.29, 1.82) is 0 Å². The number of hydrogen-bond donors (Lipinski definition) is 2. The van der Waals surface area contributed by atoms with Gasteiger partial charge >= 0.3 is 0 Å². The van der Waals surface area contributed by atoms with Gasteiger partial charge in [-0.15, -0.1) is 12.4 Å². The molecule has 0 saturated heterocycles. The number of nitrogens with two attached hydrogens (primary N) is 1. The zero-order chi connectivity index (χ0) is 15.3. The van der Waals surface area contributed by atoms with E-state index in [0.717, 1.165) is 5.56 Å². The second-order valence-electron chi connectivity index (χ2n) is 6.06. The smallest absolute Gasteiger partial charge is 0.250 e. The van der Waals surface area contributed by atoms with Gasteiger partial charge in [-0.1, -0.05) is 45.0 Å². The molecule has 2 unspecified atom stereocenters. The molecule has 1 aromatic rings. The lowest BCUT2D eigenvalue weighted by Gasteiger charge is -2.21. The molecule has 0 saturated carbocycles. The van der Waals surface area contributed by atoms with Gasteiger partial charge in [0.1, 0.15) is 6.10 Å². The summed E-state index contributed by atoms with van der Waals surface area (Å²) in [4.78, 5) is 11.9. The third-order valence-corrected chi connectivity index (χ3v) is 3.43. The summed E-state index contributed by atoms with van der Waals surface area (Å²) >= 11 is 0. The SMILES string of the molecule is COC(CN)C(=O)NC(C)c1ccc(C(C)(C)C)cc1.Cl. The van der Waals surface area contributed by atoms with Crippen molar-refractivity contribution in [2.24, 2.45) is 5.73 Å². The molecule has 0 aliphatic heterocycles. The van der Waals surface area contributed by atoms with Gasteiger partial charge in [0.2, 0.25) is 0 Å². The van der Waals surface area contributed by atoms with E-state index in [2.05, 4.69) is 50.4 Å². The molecule has 0 aromatic heterocycles. The third-order valence-electron chi connectivity index (χ3n) is 3.43. The Balaban J connectivity index is 0.00000400. The lowest BCUT2D eigenvalue weighted by atomic mass is 9.86. The molecular formula is C16H27ClN2O2. The molecule has 120 valence electrons. The van der Waals surface area contributed by atoms with E-state index in [0.29, 0.717) is 0 Å². The minimum absolute atomic E-state index is 0. The first-order valence-corrected chi connectivity index (χ1v) is 6.93. The Bertz CT molecular complexity index is 437. The first-order valence-electron chi connectivity index (χ1n) is 6.93. The van der Waals surface area contributed by atoms with Gasteiger partial charge in [-0.3, -0.25) is 4.79 Å². The van der Waals surface area contributed by atoms with E-state index in [1.807, 2.05) is 6.92 Å². The molecule has 0 aliphatic carbocycles. The Morgan fingerprint density at radius 1 is 1.29 bits per heavy atom. The van der Waals surface area contributed by atoms with Crippen molar-refractivity contribution in [2.45, 2.75) is 45.3 Å². The highest BCUT2D eigenvalue weighted by Gasteiger charge is 2.19. The summed E-state index contributed by atoms with van der Waals surface area (Å²) in [7, 11) is 1.49. The van der Waals surface area contributed by atoms with E-state index in [4.69, 9.17) is 10.5 Å². The van der Waals surface area contributed by atoms with Crippen molar-refractivity contribution in [3.8, 4) is 0 Å². The zero-order valence-electron chi connectivity index (χ0n) is 13.5. The maximum Gasteiger partial charge on any atom is 0.250 e. The molecule has 0 fully saturated rings. The van der Waals surface area contributed by atoms with Crippen LogP contribution in [0.1, 0.15) is 44.9 Å².